The number of fused-ring (bicyclic) bond motifs is 1. The Hall–Kier alpha value is -2.92. The molecule has 0 amide bonds. The third-order valence-corrected chi connectivity index (χ3v) is 9.28. The van der Waals surface area contributed by atoms with Gasteiger partial charge in [-0.25, -0.2) is 0 Å². The molecule has 0 N–H and O–H groups in total. The van der Waals surface area contributed by atoms with Crippen LogP contribution in [-0.4, -0.2) is 28.5 Å². The smallest absolute Gasteiger partial charge is 0.311 e. The second-order valence-corrected chi connectivity index (χ2v) is 13.4. The molecule has 1 aliphatic carbocycles. The van der Waals surface area contributed by atoms with Crippen LogP contribution in [0.3, 0.4) is 0 Å². The van der Waals surface area contributed by atoms with Crippen molar-refractivity contribution in [2.24, 2.45) is 22.2 Å². The SMILES string of the molecule is CCOC(=O)C(C)(C)Cc1c(C(=O)C2C(C)(C)C2(C)C)c2cc(C(C)C)ccn2c1C(=O)c1ccc(Cl)cc1. The zero-order valence-corrected chi connectivity index (χ0v) is 25.3. The van der Waals surface area contributed by atoms with E-state index >= 15 is 0 Å². The van der Waals surface area contributed by atoms with Gasteiger partial charge in [0.2, 0.25) is 5.78 Å². The van der Waals surface area contributed by atoms with Crippen molar-refractivity contribution in [2.75, 3.05) is 6.61 Å². The highest BCUT2D eigenvalue weighted by molar-refractivity contribution is 6.30. The largest absolute Gasteiger partial charge is 0.466 e. The van der Waals surface area contributed by atoms with Crippen LogP contribution in [0.15, 0.2) is 42.6 Å². The lowest BCUT2D eigenvalue weighted by atomic mass is 9.82. The monoisotopic (exact) mass is 549 g/mol. The Morgan fingerprint density at radius 2 is 1.62 bits per heavy atom. The lowest BCUT2D eigenvalue weighted by molar-refractivity contribution is -0.153. The van der Waals surface area contributed by atoms with Gasteiger partial charge in [-0.3, -0.25) is 14.4 Å². The second-order valence-electron chi connectivity index (χ2n) is 12.9. The molecule has 1 aliphatic rings. The zero-order valence-electron chi connectivity index (χ0n) is 24.6. The van der Waals surface area contributed by atoms with Crippen LogP contribution in [0.2, 0.25) is 5.02 Å². The minimum atomic E-state index is -0.958. The lowest BCUT2D eigenvalue weighted by Gasteiger charge is -2.23. The van der Waals surface area contributed by atoms with Crippen molar-refractivity contribution in [3.8, 4) is 0 Å². The molecule has 0 saturated heterocycles. The number of hydrogen-bond acceptors (Lipinski definition) is 4. The van der Waals surface area contributed by atoms with Crippen molar-refractivity contribution >= 4 is 34.7 Å². The van der Waals surface area contributed by atoms with Crippen LogP contribution in [0.1, 0.15) is 106 Å². The summed E-state index contributed by atoms with van der Waals surface area (Å²) in [5, 5.41) is 0.533. The summed E-state index contributed by atoms with van der Waals surface area (Å²) in [6.07, 6.45) is 2.07. The summed E-state index contributed by atoms with van der Waals surface area (Å²) >= 11 is 6.12. The number of aromatic nitrogens is 1. The maximum atomic E-state index is 14.5. The third-order valence-electron chi connectivity index (χ3n) is 9.03. The number of Topliss-reactive ketones (excluding diaryl/α,β-unsaturated/α-hetero) is 1. The van der Waals surface area contributed by atoms with E-state index in [0.717, 1.165) is 5.56 Å². The molecule has 4 rings (SSSR count). The summed E-state index contributed by atoms with van der Waals surface area (Å²) in [5.74, 6) is -0.535. The minimum Gasteiger partial charge on any atom is -0.466 e. The normalized spacial score (nSPS) is 16.5. The maximum absolute atomic E-state index is 14.5. The van der Waals surface area contributed by atoms with Gasteiger partial charge in [-0.15, -0.1) is 0 Å². The molecule has 208 valence electrons. The van der Waals surface area contributed by atoms with E-state index < -0.39 is 5.41 Å². The van der Waals surface area contributed by atoms with Crippen molar-refractivity contribution in [3.63, 3.8) is 0 Å². The second kappa shape index (κ2) is 9.92. The van der Waals surface area contributed by atoms with Crippen molar-refractivity contribution in [2.45, 2.75) is 74.7 Å². The summed E-state index contributed by atoms with van der Waals surface area (Å²) in [6, 6.07) is 10.8. The Labute approximate surface area is 236 Å². The first-order valence-electron chi connectivity index (χ1n) is 13.7. The summed E-state index contributed by atoms with van der Waals surface area (Å²) in [4.78, 5) is 41.7. The van der Waals surface area contributed by atoms with Crippen LogP contribution in [0.5, 0.6) is 0 Å². The minimum absolute atomic E-state index is 0.0215. The van der Waals surface area contributed by atoms with Crippen molar-refractivity contribution in [1.82, 2.24) is 4.40 Å². The Bertz CT molecular complexity index is 1440. The van der Waals surface area contributed by atoms with E-state index in [9.17, 15) is 14.4 Å². The lowest BCUT2D eigenvalue weighted by Crippen LogP contribution is -2.30. The molecule has 1 aromatic carbocycles. The molecule has 0 spiro atoms. The van der Waals surface area contributed by atoms with E-state index in [1.165, 1.54) is 0 Å². The molecule has 6 heteroatoms. The highest BCUT2D eigenvalue weighted by Crippen LogP contribution is 2.69. The van der Waals surface area contributed by atoms with E-state index in [0.29, 0.717) is 32.9 Å². The van der Waals surface area contributed by atoms with Crippen molar-refractivity contribution in [1.29, 1.82) is 0 Å². The molecule has 1 saturated carbocycles. The molecular formula is C33H40ClNO4. The number of ether oxygens (including phenoxy) is 1. The molecule has 0 aliphatic heterocycles. The average molecular weight is 550 g/mol. The van der Waals surface area contributed by atoms with Gasteiger partial charge in [0.25, 0.3) is 0 Å². The van der Waals surface area contributed by atoms with Crippen LogP contribution in [0.4, 0.5) is 0 Å². The number of hydrogen-bond donors (Lipinski definition) is 0. The van der Waals surface area contributed by atoms with Crippen LogP contribution >= 0.6 is 11.6 Å². The van der Waals surface area contributed by atoms with E-state index in [-0.39, 0.29) is 53.2 Å². The number of esters is 1. The van der Waals surface area contributed by atoms with Gasteiger partial charge in [0.15, 0.2) is 5.78 Å². The predicted octanol–water partition coefficient (Wildman–Crippen LogP) is 7.94. The standard InChI is InChI=1S/C33H40ClNO4/c1-10-39-30(38)31(4,5)18-23-25(28(37)29-32(6,7)33(29,8)9)24-17-21(19(2)3)15-16-35(24)26(23)27(36)20-11-13-22(34)14-12-20/h11-17,19,29H,10,18H2,1-9H3. The average Bonchev–Trinajstić information content (AvgIpc) is 3.10. The quantitative estimate of drug-likeness (QED) is 0.201. The molecule has 1 fully saturated rings. The topological polar surface area (TPSA) is 64.8 Å². The Balaban J connectivity index is 2.05. The fraction of sp³-hybridized carbons (Fsp3) is 0.485. The number of nitrogens with zero attached hydrogens (tertiary/aromatic N) is 1. The first kappa shape index (κ1) is 29.1. The number of carbonyl (C=O) groups excluding carboxylic acids is 3. The summed E-state index contributed by atoms with van der Waals surface area (Å²) in [5.41, 5.74) is 2.44. The van der Waals surface area contributed by atoms with Crippen molar-refractivity contribution < 1.29 is 19.1 Å². The molecule has 0 radical (unpaired) electrons. The third kappa shape index (κ3) is 4.84. The van der Waals surface area contributed by atoms with Gasteiger partial charge in [0.1, 0.15) is 0 Å². The maximum Gasteiger partial charge on any atom is 0.311 e. The molecule has 3 aromatic rings. The zero-order chi connectivity index (χ0) is 29.1. The Morgan fingerprint density at radius 1 is 1.03 bits per heavy atom. The molecule has 0 bridgehead atoms. The van der Waals surface area contributed by atoms with Gasteiger partial charge in [-0.05, 0) is 91.5 Å². The van der Waals surface area contributed by atoms with E-state index in [1.807, 2.05) is 36.6 Å². The van der Waals surface area contributed by atoms with E-state index in [4.69, 9.17) is 16.3 Å². The van der Waals surface area contributed by atoms with Gasteiger partial charge < -0.3 is 9.14 Å². The van der Waals surface area contributed by atoms with E-state index in [1.54, 1.807) is 31.2 Å². The first-order chi connectivity index (χ1) is 18.1. The number of ketones is 2. The molecule has 39 heavy (non-hydrogen) atoms. The molecule has 5 nitrogen and oxygen atoms in total. The number of halogens is 1. The van der Waals surface area contributed by atoms with Gasteiger partial charge >= 0.3 is 5.97 Å². The summed E-state index contributed by atoms with van der Waals surface area (Å²) < 4.78 is 7.24. The van der Waals surface area contributed by atoms with Crippen LogP contribution < -0.4 is 0 Å². The number of pyridine rings is 1. The number of benzene rings is 1. The van der Waals surface area contributed by atoms with Gasteiger partial charge in [0, 0.05) is 28.3 Å². The number of rotatable bonds is 9. The summed E-state index contributed by atoms with van der Waals surface area (Å²) in [6.45, 7) is 18.3. The fourth-order valence-corrected chi connectivity index (χ4v) is 6.08. The Morgan fingerprint density at radius 3 is 2.13 bits per heavy atom. The van der Waals surface area contributed by atoms with Crippen LogP contribution in [0, 0.1) is 22.2 Å². The van der Waals surface area contributed by atoms with Gasteiger partial charge in [-0.2, -0.15) is 0 Å². The Kier molecular flexibility index (Phi) is 7.40. The number of carbonyl (C=O) groups is 3. The van der Waals surface area contributed by atoms with Crippen LogP contribution in [0.25, 0.3) is 5.52 Å². The van der Waals surface area contributed by atoms with Crippen molar-refractivity contribution in [3.05, 3.63) is 75.6 Å². The molecule has 0 unspecified atom stereocenters. The molecule has 0 atom stereocenters. The fourth-order valence-electron chi connectivity index (χ4n) is 5.95. The first-order valence-corrected chi connectivity index (χ1v) is 14.1. The highest BCUT2D eigenvalue weighted by atomic mass is 35.5. The predicted molar refractivity (Wildman–Crippen MR) is 156 cm³/mol. The molecule has 2 heterocycles. The van der Waals surface area contributed by atoms with Gasteiger partial charge in [-0.1, -0.05) is 53.1 Å². The molecular weight excluding hydrogens is 510 g/mol. The summed E-state index contributed by atoms with van der Waals surface area (Å²) in [7, 11) is 0. The highest BCUT2D eigenvalue weighted by Gasteiger charge is 2.68. The van der Waals surface area contributed by atoms with E-state index in [2.05, 4.69) is 41.5 Å². The van der Waals surface area contributed by atoms with Crippen LogP contribution in [-0.2, 0) is 16.0 Å². The molecule has 2 aromatic heterocycles. The van der Waals surface area contributed by atoms with Gasteiger partial charge in [0.05, 0.1) is 23.2 Å².